The van der Waals surface area contributed by atoms with Crippen LogP contribution in [0.2, 0.25) is 0 Å². The van der Waals surface area contributed by atoms with Gasteiger partial charge in [0.2, 0.25) is 23.6 Å². The molecular weight excluding hydrogens is 446 g/mol. The van der Waals surface area contributed by atoms with Gasteiger partial charge in [0.05, 0.1) is 18.8 Å². The molecule has 1 aromatic heterocycles. The first-order valence-electron chi connectivity index (χ1n) is 11.0. The molecule has 0 saturated heterocycles. The normalized spacial score (nSPS) is 14.7. The molecule has 0 aliphatic carbocycles. The topological polar surface area (TPSA) is 222 Å². The van der Waals surface area contributed by atoms with Crippen LogP contribution >= 0.6 is 0 Å². The highest BCUT2D eigenvalue weighted by Gasteiger charge is 2.32. The van der Waals surface area contributed by atoms with E-state index in [-0.39, 0.29) is 12.3 Å². The molecule has 9 N–H and O–H groups in total. The molecule has 0 aliphatic heterocycles. The maximum Gasteiger partial charge on any atom is 0.326 e. The molecule has 0 bridgehead atoms. The average molecular weight is 482 g/mol. The number of rotatable bonds is 14. The third-order valence-corrected chi connectivity index (χ3v) is 4.94. The van der Waals surface area contributed by atoms with E-state index in [1.54, 1.807) is 13.8 Å². The van der Waals surface area contributed by atoms with Gasteiger partial charge in [-0.2, -0.15) is 0 Å². The Kier molecular flexibility index (Phi) is 11.2. The second-order valence-electron chi connectivity index (χ2n) is 8.88. The van der Waals surface area contributed by atoms with Crippen LogP contribution in [0.5, 0.6) is 0 Å². The lowest BCUT2D eigenvalue weighted by Gasteiger charge is -2.27. The largest absolute Gasteiger partial charge is 0.480 e. The Morgan fingerprint density at radius 1 is 1.00 bits per heavy atom. The Morgan fingerprint density at radius 3 is 2.09 bits per heavy atom. The number of amides is 4. The van der Waals surface area contributed by atoms with Gasteiger partial charge < -0.3 is 37.5 Å². The zero-order valence-corrected chi connectivity index (χ0v) is 19.8. The van der Waals surface area contributed by atoms with Crippen molar-refractivity contribution in [2.45, 2.75) is 71.1 Å². The van der Waals surface area contributed by atoms with E-state index in [2.05, 4.69) is 25.9 Å². The fraction of sp³-hybridized carbons (Fsp3) is 0.619. The van der Waals surface area contributed by atoms with Crippen molar-refractivity contribution >= 4 is 29.6 Å². The van der Waals surface area contributed by atoms with Gasteiger partial charge in [0.25, 0.3) is 0 Å². The minimum absolute atomic E-state index is 0.0534. The Hall–Kier alpha value is -3.48. The van der Waals surface area contributed by atoms with Crippen LogP contribution in [0.15, 0.2) is 12.5 Å². The number of nitrogens with one attached hydrogen (secondary N) is 4. The lowest BCUT2D eigenvalue weighted by Crippen LogP contribution is -2.59. The standard InChI is InChI=1S/C21H35N7O6/c1-10(2)5-13(22)18(30)26-14(6-12-8-24-9-25-12)19(31)28-17(11(3)4)20(32)27-15(21(33)34)7-16(23)29/h8-11,13-15,17H,5-7,22H2,1-4H3,(H2,23,29)(H,24,25)(H,26,30)(H,27,32)(H,28,31)(H,33,34). The van der Waals surface area contributed by atoms with Crippen molar-refractivity contribution < 1.29 is 29.1 Å². The minimum Gasteiger partial charge on any atom is -0.480 e. The molecule has 4 unspecified atom stereocenters. The summed E-state index contributed by atoms with van der Waals surface area (Å²) in [7, 11) is 0. The molecule has 190 valence electrons. The van der Waals surface area contributed by atoms with Gasteiger partial charge >= 0.3 is 5.97 Å². The third-order valence-electron chi connectivity index (χ3n) is 4.94. The smallest absolute Gasteiger partial charge is 0.326 e. The van der Waals surface area contributed by atoms with E-state index in [0.29, 0.717) is 12.1 Å². The summed E-state index contributed by atoms with van der Waals surface area (Å²) < 4.78 is 0. The number of carboxylic acids is 1. The van der Waals surface area contributed by atoms with Crippen LogP contribution in [-0.4, -0.2) is 68.8 Å². The van der Waals surface area contributed by atoms with Gasteiger partial charge in [0.1, 0.15) is 18.1 Å². The number of primary amides is 1. The highest BCUT2D eigenvalue weighted by atomic mass is 16.4. The number of H-pyrrole nitrogens is 1. The second kappa shape index (κ2) is 13.3. The molecule has 4 amide bonds. The highest BCUT2D eigenvalue weighted by Crippen LogP contribution is 2.08. The van der Waals surface area contributed by atoms with Crippen LogP contribution in [0.1, 0.15) is 46.2 Å². The van der Waals surface area contributed by atoms with Gasteiger partial charge in [-0.1, -0.05) is 27.7 Å². The molecule has 1 heterocycles. The highest BCUT2D eigenvalue weighted by molar-refractivity contribution is 5.95. The number of carboxylic acid groups (broad SMARTS) is 1. The molecule has 0 aliphatic rings. The Bertz CT molecular complexity index is 856. The van der Waals surface area contributed by atoms with Crippen molar-refractivity contribution in [2.24, 2.45) is 23.3 Å². The molecule has 0 fully saturated rings. The number of carbonyl (C=O) groups excluding carboxylic acids is 4. The molecule has 1 aromatic rings. The van der Waals surface area contributed by atoms with E-state index in [1.165, 1.54) is 12.5 Å². The summed E-state index contributed by atoms with van der Waals surface area (Å²) in [6.45, 7) is 7.12. The number of nitrogens with two attached hydrogens (primary N) is 2. The van der Waals surface area contributed by atoms with Gasteiger partial charge in [0.15, 0.2) is 0 Å². The fourth-order valence-corrected chi connectivity index (χ4v) is 3.17. The van der Waals surface area contributed by atoms with E-state index in [4.69, 9.17) is 11.5 Å². The zero-order valence-electron chi connectivity index (χ0n) is 19.8. The van der Waals surface area contributed by atoms with Crippen LogP contribution in [0, 0.1) is 11.8 Å². The zero-order chi connectivity index (χ0) is 26.0. The summed E-state index contributed by atoms with van der Waals surface area (Å²) in [4.78, 5) is 67.6. The van der Waals surface area contributed by atoms with Gasteiger partial charge in [-0.25, -0.2) is 9.78 Å². The van der Waals surface area contributed by atoms with Crippen molar-refractivity contribution in [3.8, 4) is 0 Å². The van der Waals surface area contributed by atoms with Gasteiger partial charge in [-0.15, -0.1) is 0 Å². The van der Waals surface area contributed by atoms with E-state index >= 15 is 0 Å². The van der Waals surface area contributed by atoms with Crippen LogP contribution in [0.25, 0.3) is 0 Å². The molecule has 0 spiro atoms. The second-order valence-corrected chi connectivity index (χ2v) is 8.88. The summed E-state index contributed by atoms with van der Waals surface area (Å²) in [6.07, 6.45) is 2.78. The number of aromatic amines is 1. The molecule has 13 nitrogen and oxygen atoms in total. The van der Waals surface area contributed by atoms with Crippen molar-refractivity contribution in [2.75, 3.05) is 0 Å². The number of hydrogen-bond donors (Lipinski definition) is 7. The molecule has 13 heteroatoms. The van der Waals surface area contributed by atoms with Crippen molar-refractivity contribution in [3.63, 3.8) is 0 Å². The third kappa shape index (κ3) is 9.57. The molecule has 34 heavy (non-hydrogen) atoms. The number of carbonyl (C=O) groups is 5. The maximum absolute atomic E-state index is 13.1. The number of imidazole rings is 1. The Balaban J connectivity index is 3.02. The first-order valence-corrected chi connectivity index (χ1v) is 11.0. The fourth-order valence-electron chi connectivity index (χ4n) is 3.17. The average Bonchev–Trinajstić information content (AvgIpc) is 3.22. The number of nitrogens with zero attached hydrogens (tertiary/aromatic N) is 1. The first-order chi connectivity index (χ1) is 15.8. The van der Waals surface area contributed by atoms with Crippen LogP contribution in [0.3, 0.4) is 0 Å². The van der Waals surface area contributed by atoms with Crippen molar-refractivity contribution in [1.82, 2.24) is 25.9 Å². The van der Waals surface area contributed by atoms with E-state index in [9.17, 15) is 29.1 Å². The summed E-state index contributed by atoms with van der Waals surface area (Å²) in [6, 6.07) is -4.60. The maximum atomic E-state index is 13.1. The number of aromatic nitrogens is 2. The summed E-state index contributed by atoms with van der Waals surface area (Å²) in [5.74, 6) is -4.62. The van der Waals surface area contributed by atoms with Crippen LogP contribution in [-0.2, 0) is 30.4 Å². The van der Waals surface area contributed by atoms with E-state index in [0.717, 1.165) is 0 Å². The summed E-state index contributed by atoms with van der Waals surface area (Å²) in [5.41, 5.74) is 11.6. The lowest BCUT2D eigenvalue weighted by atomic mass is 10.0. The molecule has 1 rings (SSSR count). The molecule has 0 aromatic carbocycles. The minimum atomic E-state index is -1.54. The number of aliphatic carboxylic acids is 1. The summed E-state index contributed by atoms with van der Waals surface area (Å²) >= 11 is 0. The van der Waals surface area contributed by atoms with Crippen LogP contribution < -0.4 is 27.4 Å². The predicted octanol–water partition coefficient (Wildman–Crippen LogP) is -1.60. The van der Waals surface area contributed by atoms with Gasteiger partial charge in [-0.05, 0) is 18.3 Å². The Labute approximate surface area is 197 Å². The van der Waals surface area contributed by atoms with Crippen LogP contribution in [0.4, 0.5) is 0 Å². The molecular formula is C21H35N7O6. The van der Waals surface area contributed by atoms with Gasteiger partial charge in [0, 0.05) is 18.3 Å². The molecule has 4 atom stereocenters. The van der Waals surface area contributed by atoms with E-state index < -0.39 is 66.1 Å². The molecule has 0 saturated carbocycles. The van der Waals surface area contributed by atoms with Gasteiger partial charge in [-0.3, -0.25) is 19.2 Å². The molecule has 0 radical (unpaired) electrons. The SMILES string of the molecule is CC(C)CC(N)C(=O)NC(Cc1cnc[nH]1)C(=O)NC(C(=O)NC(CC(N)=O)C(=O)O)C(C)C. The lowest BCUT2D eigenvalue weighted by molar-refractivity contribution is -0.144. The quantitative estimate of drug-likeness (QED) is 0.163. The van der Waals surface area contributed by atoms with E-state index in [1.807, 2.05) is 13.8 Å². The monoisotopic (exact) mass is 481 g/mol. The Morgan fingerprint density at radius 2 is 1.62 bits per heavy atom. The summed E-state index contributed by atoms with van der Waals surface area (Å²) in [5, 5.41) is 16.6. The van der Waals surface area contributed by atoms with Crippen molar-refractivity contribution in [1.29, 1.82) is 0 Å². The number of hydrogen-bond acceptors (Lipinski definition) is 7. The predicted molar refractivity (Wildman–Crippen MR) is 122 cm³/mol. The first kappa shape index (κ1) is 28.6. The van der Waals surface area contributed by atoms with Crippen molar-refractivity contribution in [3.05, 3.63) is 18.2 Å².